The molecule has 0 saturated carbocycles. The van der Waals surface area contributed by atoms with Crippen LogP contribution in [0.4, 0.5) is 10.1 Å². The Balaban J connectivity index is 1.70. The lowest BCUT2D eigenvalue weighted by atomic mass is 10.1. The fourth-order valence-corrected chi connectivity index (χ4v) is 3.62. The van der Waals surface area contributed by atoms with E-state index in [-0.39, 0.29) is 29.2 Å². The number of halogens is 2. The average Bonchev–Trinajstić information content (AvgIpc) is 2.93. The molecule has 2 N–H and O–H groups in total. The monoisotopic (exact) mass is 418 g/mol. The number of hydrogen-bond donors (Lipinski definition) is 1. The lowest BCUT2D eigenvalue weighted by molar-refractivity contribution is -0.121. The molecule has 3 rings (SSSR count). The predicted octanol–water partition coefficient (Wildman–Crippen LogP) is 3.58. The van der Waals surface area contributed by atoms with Crippen molar-refractivity contribution in [3.63, 3.8) is 0 Å². The van der Waals surface area contributed by atoms with Crippen LogP contribution >= 0.6 is 23.4 Å². The second-order valence-corrected chi connectivity index (χ2v) is 7.65. The van der Waals surface area contributed by atoms with E-state index in [1.165, 1.54) is 12.1 Å². The molecule has 1 fully saturated rings. The number of amidine groups is 1. The number of amides is 2. The summed E-state index contributed by atoms with van der Waals surface area (Å²) in [5, 5.41) is 7.72. The first-order valence-corrected chi connectivity index (χ1v) is 9.53. The minimum absolute atomic E-state index is 0.00684. The zero-order chi connectivity index (χ0) is 20.3. The van der Waals surface area contributed by atoms with E-state index in [4.69, 9.17) is 17.3 Å². The predicted molar refractivity (Wildman–Crippen MR) is 110 cm³/mol. The highest BCUT2D eigenvalue weighted by Gasteiger charge is 2.40. The molecular formula is C19H16ClFN4O2S. The summed E-state index contributed by atoms with van der Waals surface area (Å²) < 4.78 is 13.0. The first-order valence-electron chi connectivity index (χ1n) is 8.28. The molecule has 1 aliphatic heterocycles. The van der Waals surface area contributed by atoms with Crippen molar-refractivity contribution in [3.8, 4) is 0 Å². The molecule has 1 atom stereocenters. The van der Waals surface area contributed by atoms with Crippen molar-refractivity contribution < 1.29 is 14.0 Å². The summed E-state index contributed by atoms with van der Waals surface area (Å²) in [6, 6.07) is 12.3. The average molecular weight is 419 g/mol. The number of nitrogens with zero attached hydrogens (tertiary/aromatic N) is 3. The van der Waals surface area contributed by atoms with Crippen LogP contribution in [0.5, 0.6) is 0 Å². The van der Waals surface area contributed by atoms with Crippen LogP contribution in [0.3, 0.4) is 0 Å². The van der Waals surface area contributed by atoms with Gasteiger partial charge in [0.2, 0.25) is 11.8 Å². The van der Waals surface area contributed by atoms with Gasteiger partial charge in [0.15, 0.2) is 5.17 Å². The highest BCUT2D eigenvalue weighted by atomic mass is 35.5. The highest BCUT2D eigenvalue weighted by molar-refractivity contribution is 8.14. The van der Waals surface area contributed by atoms with Crippen molar-refractivity contribution in [2.24, 2.45) is 15.9 Å². The number of benzene rings is 2. The van der Waals surface area contributed by atoms with E-state index in [1.807, 2.05) is 0 Å². The first-order chi connectivity index (χ1) is 13.3. The Hall–Kier alpha value is -2.71. The van der Waals surface area contributed by atoms with Crippen LogP contribution in [0.2, 0.25) is 5.02 Å². The molecule has 1 heterocycles. The molecule has 28 heavy (non-hydrogen) atoms. The Bertz CT molecular complexity index is 978. The Morgan fingerprint density at radius 3 is 2.61 bits per heavy atom. The van der Waals surface area contributed by atoms with Crippen molar-refractivity contribution in [2.75, 3.05) is 4.90 Å². The number of rotatable bonds is 4. The van der Waals surface area contributed by atoms with Gasteiger partial charge < -0.3 is 5.73 Å². The van der Waals surface area contributed by atoms with Crippen LogP contribution in [-0.4, -0.2) is 27.9 Å². The largest absolute Gasteiger partial charge is 0.377 e. The number of carbonyl (C=O) groups excluding carboxylic acids is 2. The first kappa shape index (κ1) is 20.0. The van der Waals surface area contributed by atoms with Crippen LogP contribution in [-0.2, 0) is 9.59 Å². The van der Waals surface area contributed by atoms with Gasteiger partial charge in [-0.25, -0.2) is 9.29 Å². The van der Waals surface area contributed by atoms with E-state index in [9.17, 15) is 14.0 Å². The third kappa shape index (κ3) is 4.58. The highest BCUT2D eigenvalue weighted by Crippen LogP contribution is 2.30. The summed E-state index contributed by atoms with van der Waals surface area (Å²) in [7, 11) is 0. The number of nitrogens with two attached hydrogens (primary N) is 1. The lowest BCUT2D eigenvalue weighted by Gasteiger charge is -2.14. The number of hydrogen-bond acceptors (Lipinski definition) is 5. The zero-order valence-corrected chi connectivity index (χ0v) is 16.4. The molecule has 2 aromatic carbocycles. The van der Waals surface area contributed by atoms with E-state index in [0.29, 0.717) is 22.0 Å². The molecule has 1 unspecified atom stereocenters. The molecule has 1 aliphatic rings. The Kier molecular flexibility index (Phi) is 6.11. The van der Waals surface area contributed by atoms with Gasteiger partial charge in [-0.1, -0.05) is 41.6 Å². The number of carbonyl (C=O) groups is 2. The normalized spacial score (nSPS) is 18.1. The van der Waals surface area contributed by atoms with Gasteiger partial charge in [0.25, 0.3) is 0 Å². The third-order valence-corrected chi connectivity index (χ3v) is 5.21. The van der Waals surface area contributed by atoms with Crippen LogP contribution in [0.15, 0.2) is 58.7 Å². The molecular weight excluding hydrogens is 403 g/mol. The van der Waals surface area contributed by atoms with E-state index < -0.39 is 5.25 Å². The zero-order valence-electron chi connectivity index (χ0n) is 14.8. The SMILES string of the molecule is CC(=NN=C(N)SC1CC(=O)N(c2cccc(Cl)c2)C1=O)c1ccc(F)cc1. The van der Waals surface area contributed by atoms with E-state index in [0.717, 1.165) is 16.7 Å². The van der Waals surface area contributed by atoms with Gasteiger partial charge in [0.1, 0.15) is 11.1 Å². The van der Waals surface area contributed by atoms with E-state index in [2.05, 4.69) is 10.2 Å². The molecule has 2 amide bonds. The second-order valence-electron chi connectivity index (χ2n) is 5.99. The molecule has 144 valence electrons. The van der Waals surface area contributed by atoms with E-state index >= 15 is 0 Å². The molecule has 0 spiro atoms. The molecule has 0 aliphatic carbocycles. The maximum atomic E-state index is 13.0. The van der Waals surface area contributed by atoms with Crippen molar-refractivity contribution in [1.82, 2.24) is 0 Å². The number of thioether (sulfide) groups is 1. The Morgan fingerprint density at radius 2 is 1.93 bits per heavy atom. The van der Waals surface area contributed by atoms with Crippen LogP contribution in [0.1, 0.15) is 18.9 Å². The van der Waals surface area contributed by atoms with Crippen molar-refractivity contribution in [3.05, 3.63) is 64.9 Å². The molecule has 9 heteroatoms. The molecule has 0 radical (unpaired) electrons. The van der Waals surface area contributed by atoms with Crippen molar-refractivity contribution in [2.45, 2.75) is 18.6 Å². The summed E-state index contributed by atoms with van der Waals surface area (Å²) in [6.07, 6.45) is 0.00684. The summed E-state index contributed by atoms with van der Waals surface area (Å²) in [4.78, 5) is 26.0. The second kappa shape index (κ2) is 8.53. The fraction of sp³-hybridized carbons (Fsp3) is 0.158. The van der Waals surface area contributed by atoms with Crippen LogP contribution < -0.4 is 10.6 Å². The molecule has 0 bridgehead atoms. The quantitative estimate of drug-likeness (QED) is 0.355. The van der Waals surface area contributed by atoms with Crippen molar-refractivity contribution in [1.29, 1.82) is 0 Å². The van der Waals surface area contributed by atoms with Gasteiger partial charge in [-0.05, 0) is 42.8 Å². The standard InChI is InChI=1S/C19H16ClFN4O2S/c1-11(12-5-7-14(21)8-6-12)23-24-19(22)28-16-10-17(26)25(18(16)27)15-4-2-3-13(20)9-15/h2-9,16H,10H2,1H3,(H2,22,24). The van der Waals surface area contributed by atoms with Gasteiger partial charge in [-0.2, -0.15) is 5.10 Å². The molecule has 1 saturated heterocycles. The van der Waals surface area contributed by atoms with Crippen LogP contribution in [0, 0.1) is 5.82 Å². The lowest BCUT2D eigenvalue weighted by Crippen LogP contribution is -2.31. The summed E-state index contributed by atoms with van der Waals surface area (Å²) >= 11 is 6.92. The molecule has 0 aromatic heterocycles. The topological polar surface area (TPSA) is 88.1 Å². The summed E-state index contributed by atoms with van der Waals surface area (Å²) in [5.74, 6) is -1.05. The number of imide groups is 1. The van der Waals surface area contributed by atoms with E-state index in [1.54, 1.807) is 43.3 Å². The smallest absolute Gasteiger partial charge is 0.247 e. The Morgan fingerprint density at radius 1 is 1.21 bits per heavy atom. The van der Waals surface area contributed by atoms with Gasteiger partial charge in [-0.15, -0.1) is 5.10 Å². The van der Waals surface area contributed by atoms with Gasteiger partial charge in [0.05, 0.1) is 11.4 Å². The van der Waals surface area contributed by atoms with Gasteiger partial charge in [-0.3, -0.25) is 9.59 Å². The maximum absolute atomic E-state index is 13.0. The minimum Gasteiger partial charge on any atom is -0.377 e. The fourth-order valence-electron chi connectivity index (χ4n) is 2.63. The maximum Gasteiger partial charge on any atom is 0.247 e. The molecule has 6 nitrogen and oxygen atoms in total. The summed E-state index contributed by atoms with van der Waals surface area (Å²) in [6.45, 7) is 1.71. The molecule has 2 aromatic rings. The number of anilines is 1. The third-order valence-electron chi connectivity index (χ3n) is 4.00. The Labute approximate surface area is 170 Å². The minimum atomic E-state index is -0.684. The van der Waals surface area contributed by atoms with Crippen LogP contribution in [0.25, 0.3) is 0 Å². The van der Waals surface area contributed by atoms with Crippen molar-refractivity contribution >= 4 is 51.7 Å². The van der Waals surface area contributed by atoms with Gasteiger partial charge in [0, 0.05) is 11.4 Å². The summed E-state index contributed by atoms with van der Waals surface area (Å²) in [5.41, 5.74) is 7.52. The van der Waals surface area contributed by atoms with Gasteiger partial charge >= 0.3 is 0 Å².